The largest absolute Gasteiger partial charge is 0.397 e. The minimum absolute atomic E-state index is 0.255. The Balaban J connectivity index is 0.000000221. The van der Waals surface area contributed by atoms with Crippen molar-refractivity contribution >= 4 is 27.1 Å². The molecular formula is C21H25FN4S. The third kappa shape index (κ3) is 4.90. The van der Waals surface area contributed by atoms with Crippen LogP contribution in [0, 0.1) is 11.7 Å². The number of benzene rings is 1. The molecule has 0 radical (unpaired) electrons. The van der Waals surface area contributed by atoms with Crippen molar-refractivity contribution in [1.29, 1.82) is 0 Å². The van der Waals surface area contributed by atoms with Crippen LogP contribution in [-0.2, 0) is 0 Å². The molecule has 3 heterocycles. The molecule has 6 heteroatoms. The molecule has 4 rings (SSSR count). The molecule has 1 atom stereocenters. The first-order chi connectivity index (χ1) is 13.1. The van der Waals surface area contributed by atoms with E-state index in [1.165, 1.54) is 55.8 Å². The van der Waals surface area contributed by atoms with Gasteiger partial charge in [0.15, 0.2) is 0 Å². The molecule has 1 saturated heterocycles. The Morgan fingerprint density at radius 2 is 2.26 bits per heavy atom. The van der Waals surface area contributed by atoms with Gasteiger partial charge in [-0.25, -0.2) is 4.39 Å². The quantitative estimate of drug-likeness (QED) is 0.679. The highest BCUT2D eigenvalue weighted by molar-refractivity contribution is 7.22. The van der Waals surface area contributed by atoms with Gasteiger partial charge >= 0.3 is 0 Å². The normalized spacial score (nSPS) is 16.6. The zero-order valence-electron chi connectivity index (χ0n) is 15.5. The topological polar surface area (TPSA) is 63.8 Å². The van der Waals surface area contributed by atoms with Crippen molar-refractivity contribution in [2.45, 2.75) is 26.2 Å². The second-order valence-corrected chi connectivity index (χ2v) is 7.80. The number of rotatable bonds is 3. The Morgan fingerprint density at radius 1 is 1.41 bits per heavy atom. The van der Waals surface area contributed by atoms with Crippen molar-refractivity contribution in [3.05, 3.63) is 54.6 Å². The van der Waals surface area contributed by atoms with Gasteiger partial charge in [0, 0.05) is 10.3 Å². The first-order valence-corrected chi connectivity index (χ1v) is 10.1. The lowest BCUT2D eigenvalue weighted by Gasteiger charge is -2.20. The number of hydrogen-bond acceptors (Lipinski definition) is 5. The summed E-state index contributed by atoms with van der Waals surface area (Å²) < 4.78 is 14.2. The van der Waals surface area contributed by atoms with Crippen LogP contribution in [0.4, 0.5) is 4.39 Å². The van der Waals surface area contributed by atoms with E-state index in [0.29, 0.717) is 11.4 Å². The highest BCUT2D eigenvalue weighted by atomic mass is 32.1. The van der Waals surface area contributed by atoms with Gasteiger partial charge in [0.25, 0.3) is 0 Å². The van der Waals surface area contributed by atoms with Crippen LogP contribution in [0.15, 0.2) is 43.1 Å². The van der Waals surface area contributed by atoms with Gasteiger partial charge in [-0.1, -0.05) is 32.1 Å². The van der Waals surface area contributed by atoms with Crippen LogP contribution in [0.5, 0.6) is 0 Å². The number of thiophene rings is 1. The van der Waals surface area contributed by atoms with Crippen molar-refractivity contribution in [3.63, 3.8) is 0 Å². The minimum atomic E-state index is -0.255. The second-order valence-electron chi connectivity index (χ2n) is 6.74. The Labute approximate surface area is 163 Å². The zero-order valence-corrected chi connectivity index (χ0v) is 16.4. The number of halogens is 1. The summed E-state index contributed by atoms with van der Waals surface area (Å²) in [6.07, 6.45) is 5.86. The predicted octanol–water partition coefficient (Wildman–Crippen LogP) is 4.82. The summed E-state index contributed by atoms with van der Waals surface area (Å²) in [6, 6.07) is 8.44. The molecule has 1 fully saturated rings. The smallest absolute Gasteiger partial charge is 0.126 e. The zero-order chi connectivity index (χ0) is 19.2. The summed E-state index contributed by atoms with van der Waals surface area (Å²) in [5.41, 5.74) is 7.50. The standard InChI is InChI=1S/C14H10FN3S.C7H15N/c1-8(16)13-14-10(7-17-18-13)6-12(19-14)9-3-2-4-11(15)5-9;1-2-7-4-3-5-8-6-7/h2-7H,1,16H2;7-8H,2-6H2,1H3. The predicted molar refractivity (Wildman–Crippen MR) is 112 cm³/mol. The second kappa shape index (κ2) is 9.06. The molecule has 0 amide bonds. The summed E-state index contributed by atoms with van der Waals surface area (Å²) in [7, 11) is 0. The number of piperidine rings is 1. The van der Waals surface area contributed by atoms with Crippen LogP contribution in [0.1, 0.15) is 31.9 Å². The highest BCUT2D eigenvalue weighted by Gasteiger charge is 2.11. The Hall–Kier alpha value is -2.31. The monoisotopic (exact) mass is 384 g/mol. The van der Waals surface area contributed by atoms with E-state index in [1.807, 2.05) is 12.1 Å². The molecule has 1 aliphatic rings. The molecule has 1 aromatic carbocycles. The van der Waals surface area contributed by atoms with E-state index in [4.69, 9.17) is 5.73 Å². The first-order valence-electron chi connectivity index (χ1n) is 9.25. The maximum Gasteiger partial charge on any atom is 0.126 e. The van der Waals surface area contributed by atoms with Crippen LogP contribution >= 0.6 is 11.3 Å². The van der Waals surface area contributed by atoms with E-state index in [9.17, 15) is 4.39 Å². The molecular weight excluding hydrogens is 359 g/mol. The SMILES string of the molecule is C=C(N)c1nncc2cc(-c3cccc(F)c3)sc12.CCC1CCCNC1. The van der Waals surface area contributed by atoms with Gasteiger partial charge in [-0.2, -0.15) is 5.10 Å². The van der Waals surface area contributed by atoms with Gasteiger partial charge in [-0.05, 0) is 55.6 Å². The van der Waals surface area contributed by atoms with Crippen LogP contribution in [0.2, 0.25) is 0 Å². The average Bonchev–Trinajstić information content (AvgIpc) is 3.13. The number of fused-ring (bicyclic) bond motifs is 1. The van der Waals surface area contributed by atoms with Crippen molar-refractivity contribution in [1.82, 2.24) is 15.5 Å². The maximum atomic E-state index is 13.3. The third-order valence-electron chi connectivity index (χ3n) is 4.72. The van der Waals surface area contributed by atoms with E-state index < -0.39 is 0 Å². The van der Waals surface area contributed by atoms with E-state index in [-0.39, 0.29) is 5.82 Å². The van der Waals surface area contributed by atoms with Gasteiger partial charge in [-0.15, -0.1) is 16.4 Å². The van der Waals surface area contributed by atoms with Gasteiger partial charge < -0.3 is 11.1 Å². The fourth-order valence-electron chi connectivity index (χ4n) is 3.15. The summed E-state index contributed by atoms with van der Waals surface area (Å²) in [5.74, 6) is 0.721. The van der Waals surface area contributed by atoms with E-state index in [2.05, 4.69) is 29.0 Å². The molecule has 0 bridgehead atoms. The summed E-state index contributed by atoms with van der Waals surface area (Å²) in [6.45, 7) is 8.48. The number of hydrogen-bond donors (Lipinski definition) is 2. The summed E-state index contributed by atoms with van der Waals surface area (Å²) in [4.78, 5) is 0.951. The van der Waals surface area contributed by atoms with E-state index >= 15 is 0 Å². The molecule has 0 saturated carbocycles. The Kier molecular flexibility index (Phi) is 6.53. The molecule has 4 nitrogen and oxygen atoms in total. The Bertz CT molecular complexity index is 915. The molecule has 1 unspecified atom stereocenters. The molecule has 0 spiro atoms. The molecule has 142 valence electrons. The van der Waals surface area contributed by atoms with Crippen molar-refractivity contribution in [2.75, 3.05) is 13.1 Å². The average molecular weight is 385 g/mol. The molecule has 2 aromatic heterocycles. The van der Waals surface area contributed by atoms with Gasteiger partial charge in [0.2, 0.25) is 0 Å². The maximum absolute atomic E-state index is 13.3. The third-order valence-corrected chi connectivity index (χ3v) is 5.93. The van der Waals surface area contributed by atoms with Crippen molar-refractivity contribution in [2.24, 2.45) is 11.7 Å². The number of nitrogens with one attached hydrogen (secondary N) is 1. The lowest BCUT2D eigenvalue weighted by atomic mass is 9.97. The molecule has 1 aliphatic heterocycles. The Morgan fingerprint density at radius 3 is 2.89 bits per heavy atom. The fourth-order valence-corrected chi connectivity index (χ4v) is 4.30. The van der Waals surface area contributed by atoms with Crippen LogP contribution in [-0.4, -0.2) is 23.3 Å². The highest BCUT2D eigenvalue weighted by Crippen LogP contribution is 2.35. The van der Waals surface area contributed by atoms with Crippen LogP contribution in [0.25, 0.3) is 26.2 Å². The molecule has 3 aromatic rings. The van der Waals surface area contributed by atoms with Gasteiger partial charge in [-0.3, -0.25) is 0 Å². The minimum Gasteiger partial charge on any atom is -0.397 e. The number of nitrogens with zero attached hydrogens (tertiary/aromatic N) is 2. The van der Waals surface area contributed by atoms with Crippen molar-refractivity contribution < 1.29 is 4.39 Å². The van der Waals surface area contributed by atoms with Crippen LogP contribution < -0.4 is 11.1 Å². The van der Waals surface area contributed by atoms with Gasteiger partial charge in [0.05, 0.1) is 16.6 Å². The van der Waals surface area contributed by atoms with E-state index in [1.54, 1.807) is 12.3 Å². The lowest BCUT2D eigenvalue weighted by molar-refractivity contribution is 0.369. The molecule has 27 heavy (non-hydrogen) atoms. The number of nitrogens with two attached hydrogens (primary N) is 1. The fraction of sp³-hybridized carbons (Fsp3) is 0.333. The summed E-state index contributed by atoms with van der Waals surface area (Å²) >= 11 is 1.50. The van der Waals surface area contributed by atoms with Crippen LogP contribution in [0.3, 0.4) is 0 Å². The summed E-state index contributed by atoms with van der Waals surface area (Å²) in [5, 5.41) is 12.2. The van der Waals surface area contributed by atoms with Gasteiger partial charge in [0.1, 0.15) is 11.5 Å². The molecule has 0 aliphatic carbocycles. The van der Waals surface area contributed by atoms with Crippen molar-refractivity contribution in [3.8, 4) is 10.4 Å². The first kappa shape index (κ1) is 19.5. The molecule has 3 N–H and O–H groups in total. The lowest BCUT2D eigenvalue weighted by Crippen LogP contribution is -2.29. The van der Waals surface area contributed by atoms with E-state index in [0.717, 1.165) is 26.4 Å². The number of aromatic nitrogens is 2.